The molecule has 45 heavy (non-hydrogen) atoms. The summed E-state index contributed by atoms with van der Waals surface area (Å²) >= 11 is 0. The number of likely N-dealkylation sites (tertiary alicyclic amines) is 1. The Morgan fingerprint density at radius 2 is 1.76 bits per heavy atom. The first kappa shape index (κ1) is 33.4. The Morgan fingerprint density at radius 3 is 2.44 bits per heavy atom. The Bertz CT molecular complexity index is 1290. The molecule has 248 valence electrons. The molecule has 4 heterocycles. The van der Waals surface area contributed by atoms with Crippen molar-refractivity contribution in [2.75, 3.05) is 53.2 Å². The molecule has 1 aromatic carbocycles. The molecule has 1 amide bonds. The SMILES string of the molecule is C=C(/C(C)=C(\N=C(/N)C1CCOCC1)C(=O)N1CCC(N[C@H]2CCOC[C@H]2OC)CC1)N1CCc2ccc(C(F)(F)F)cc2C1. The van der Waals surface area contributed by atoms with Gasteiger partial charge in [0.05, 0.1) is 18.3 Å². The number of amides is 1. The van der Waals surface area contributed by atoms with Crippen LogP contribution in [0.3, 0.4) is 0 Å². The van der Waals surface area contributed by atoms with Gasteiger partial charge in [-0.1, -0.05) is 12.6 Å². The molecule has 0 bridgehead atoms. The van der Waals surface area contributed by atoms with Crippen LogP contribution in [0, 0.1) is 5.92 Å². The number of halogens is 3. The van der Waals surface area contributed by atoms with E-state index in [-0.39, 0.29) is 42.3 Å². The van der Waals surface area contributed by atoms with Crippen molar-refractivity contribution in [2.45, 2.75) is 76.4 Å². The molecule has 0 unspecified atom stereocenters. The second-order valence-corrected chi connectivity index (χ2v) is 12.5. The molecule has 2 atom stereocenters. The molecule has 0 radical (unpaired) electrons. The Labute approximate surface area is 263 Å². The molecule has 3 fully saturated rings. The van der Waals surface area contributed by atoms with Crippen molar-refractivity contribution in [3.05, 3.63) is 58.4 Å². The molecular weight excluding hydrogens is 587 g/mol. The quantitative estimate of drug-likeness (QED) is 0.193. The number of carbonyl (C=O) groups is 1. The number of fused-ring (bicyclic) bond motifs is 1. The van der Waals surface area contributed by atoms with Crippen molar-refractivity contribution in [3.8, 4) is 0 Å². The summed E-state index contributed by atoms with van der Waals surface area (Å²) in [6.45, 7) is 10.5. The number of amidine groups is 1. The maximum absolute atomic E-state index is 14.1. The maximum atomic E-state index is 14.1. The summed E-state index contributed by atoms with van der Waals surface area (Å²) < 4.78 is 57.0. The summed E-state index contributed by atoms with van der Waals surface area (Å²) in [7, 11) is 1.70. The third-order valence-corrected chi connectivity index (χ3v) is 9.64. The number of hydrogen-bond donors (Lipinski definition) is 2. The minimum Gasteiger partial charge on any atom is -0.387 e. The van der Waals surface area contributed by atoms with Gasteiger partial charge in [0.25, 0.3) is 5.91 Å². The zero-order valence-corrected chi connectivity index (χ0v) is 26.3. The van der Waals surface area contributed by atoms with Crippen molar-refractivity contribution in [3.63, 3.8) is 0 Å². The van der Waals surface area contributed by atoms with Crippen LogP contribution in [0.15, 0.2) is 46.7 Å². The van der Waals surface area contributed by atoms with Crippen LogP contribution in [0.1, 0.15) is 55.7 Å². The van der Waals surface area contributed by atoms with Gasteiger partial charge in [-0.3, -0.25) is 4.79 Å². The van der Waals surface area contributed by atoms with Crippen LogP contribution in [0.25, 0.3) is 0 Å². The van der Waals surface area contributed by atoms with Crippen molar-refractivity contribution < 1.29 is 32.2 Å². The number of hydrogen-bond acceptors (Lipinski definition) is 7. The third-order valence-electron chi connectivity index (χ3n) is 9.64. The first-order valence-corrected chi connectivity index (χ1v) is 16.0. The lowest BCUT2D eigenvalue weighted by molar-refractivity contribution is -0.137. The Kier molecular flexibility index (Phi) is 10.9. The second-order valence-electron chi connectivity index (χ2n) is 12.5. The van der Waals surface area contributed by atoms with Crippen LogP contribution in [0.2, 0.25) is 0 Å². The molecule has 0 aliphatic carbocycles. The van der Waals surface area contributed by atoms with Gasteiger partial charge >= 0.3 is 6.18 Å². The number of rotatable bonds is 8. The zero-order chi connectivity index (χ0) is 32.1. The fourth-order valence-corrected chi connectivity index (χ4v) is 6.68. The molecule has 0 saturated carbocycles. The van der Waals surface area contributed by atoms with Gasteiger partial charge < -0.3 is 35.1 Å². The summed E-state index contributed by atoms with van der Waals surface area (Å²) in [5.41, 5.74) is 8.73. The number of allylic oxidation sites excluding steroid dienone is 1. The first-order valence-electron chi connectivity index (χ1n) is 16.0. The van der Waals surface area contributed by atoms with Gasteiger partial charge in [0.1, 0.15) is 11.5 Å². The van der Waals surface area contributed by atoms with E-state index in [2.05, 4.69) is 11.9 Å². The van der Waals surface area contributed by atoms with E-state index in [0.717, 1.165) is 43.7 Å². The lowest BCUT2D eigenvalue weighted by Crippen LogP contribution is -2.54. The predicted octanol–water partition coefficient (Wildman–Crippen LogP) is 4.02. The lowest BCUT2D eigenvalue weighted by atomic mass is 9.96. The van der Waals surface area contributed by atoms with Gasteiger partial charge in [-0.2, -0.15) is 13.2 Å². The highest BCUT2D eigenvalue weighted by Crippen LogP contribution is 2.34. The number of nitrogens with zero attached hydrogens (tertiary/aromatic N) is 3. The monoisotopic (exact) mass is 633 g/mol. The molecule has 9 nitrogen and oxygen atoms in total. The molecule has 1 aromatic rings. The van der Waals surface area contributed by atoms with Gasteiger partial charge in [-0.05, 0) is 68.7 Å². The van der Waals surface area contributed by atoms with E-state index < -0.39 is 11.7 Å². The highest BCUT2D eigenvalue weighted by atomic mass is 19.4. The summed E-state index contributed by atoms with van der Waals surface area (Å²) in [6.07, 6.45) is 0.0797. The van der Waals surface area contributed by atoms with Crippen molar-refractivity contribution in [2.24, 2.45) is 16.6 Å². The molecule has 12 heteroatoms. The lowest BCUT2D eigenvalue weighted by Gasteiger charge is -2.38. The fraction of sp³-hybridized carbons (Fsp3) is 0.636. The number of nitrogens with two attached hydrogens (primary N) is 1. The van der Waals surface area contributed by atoms with Gasteiger partial charge in [0, 0.05) is 82.4 Å². The highest BCUT2D eigenvalue weighted by Gasteiger charge is 2.34. The molecule has 0 spiro atoms. The largest absolute Gasteiger partial charge is 0.416 e. The summed E-state index contributed by atoms with van der Waals surface area (Å²) in [4.78, 5) is 22.6. The normalized spacial score (nSPS) is 24.7. The fourth-order valence-electron chi connectivity index (χ4n) is 6.68. The van der Waals surface area contributed by atoms with Crippen LogP contribution in [-0.4, -0.2) is 92.9 Å². The van der Waals surface area contributed by atoms with Gasteiger partial charge in [0.2, 0.25) is 0 Å². The number of carbonyl (C=O) groups excluding carboxylic acids is 1. The number of methoxy groups -OCH3 is 1. The van der Waals surface area contributed by atoms with Crippen LogP contribution < -0.4 is 11.1 Å². The Balaban J connectivity index is 1.34. The number of alkyl halides is 3. The van der Waals surface area contributed by atoms with E-state index in [9.17, 15) is 18.0 Å². The van der Waals surface area contributed by atoms with E-state index in [0.29, 0.717) is 75.2 Å². The maximum Gasteiger partial charge on any atom is 0.416 e. The van der Waals surface area contributed by atoms with Gasteiger partial charge in [-0.15, -0.1) is 0 Å². The summed E-state index contributed by atoms with van der Waals surface area (Å²) in [5.74, 6) is 0.197. The average Bonchev–Trinajstić information content (AvgIpc) is 3.06. The number of nitrogens with one attached hydrogen (secondary N) is 1. The molecular formula is C33H46F3N5O4. The van der Waals surface area contributed by atoms with Crippen LogP contribution in [0.5, 0.6) is 0 Å². The second kappa shape index (κ2) is 14.7. The first-order chi connectivity index (χ1) is 21.5. The topological polar surface area (TPSA) is 102 Å². The van der Waals surface area contributed by atoms with E-state index >= 15 is 0 Å². The van der Waals surface area contributed by atoms with E-state index in [4.69, 9.17) is 24.9 Å². The van der Waals surface area contributed by atoms with E-state index in [1.54, 1.807) is 13.2 Å². The summed E-state index contributed by atoms with van der Waals surface area (Å²) in [5, 5.41) is 3.72. The molecule has 4 aliphatic heterocycles. The zero-order valence-electron chi connectivity index (χ0n) is 26.3. The van der Waals surface area contributed by atoms with E-state index in [1.165, 1.54) is 6.07 Å². The smallest absolute Gasteiger partial charge is 0.387 e. The Hall–Kier alpha value is -2.93. The van der Waals surface area contributed by atoms with Crippen molar-refractivity contribution in [1.29, 1.82) is 0 Å². The van der Waals surface area contributed by atoms with Gasteiger partial charge in [-0.25, -0.2) is 4.99 Å². The standard InChI is InChI=1S/C33H46F3N5O4/c1-21(22(2)41-12-6-23-4-5-26(33(34,35)36)18-25(23)19-41)30(39-31(37)24-9-15-44-16-10-24)32(42)40-13-7-27(8-14-40)38-28-11-17-45-20-29(28)43-3/h4-5,18,24,27-29,38H,2,6-17,19-20H2,1,3H3,(H2,37,39)/b30-21-/t28-,29+/m0/s1. The highest BCUT2D eigenvalue weighted by molar-refractivity contribution is 5.98. The predicted molar refractivity (Wildman–Crippen MR) is 165 cm³/mol. The van der Waals surface area contributed by atoms with Crippen LogP contribution >= 0.6 is 0 Å². The average molecular weight is 634 g/mol. The number of ether oxygens (including phenoxy) is 3. The third kappa shape index (κ3) is 8.08. The Morgan fingerprint density at radius 1 is 1.04 bits per heavy atom. The van der Waals surface area contributed by atoms with Crippen LogP contribution in [-0.2, 0) is 38.1 Å². The van der Waals surface area contributed by atoms with Crippen molar-refractivity contribution >= 4 is 11.7 Å². The van der Waals surface area contributed by atoms with Crippen molar-refractivity contribution in [1.82, 2.24) is 15.1 Å². The minimum atomic E-state index is -4.42. The molecule has 0 aromatic heterocycles. The minimum absolute atomic E-state index is 0.00547. The number of benzene rings is 1. The molecule has 5 rings (SSSR count). The summed E-state index contributed by atoms with van der Waals surface area (Å²) in [6, 6.07) is 4.38. The molecule has 3 saturated heterocycles. The number of aliphatic imine (C=N–C) groups is 1. The number of piperidine rings is 1. The molecule has 3 N–H and O–H groups in total. The van der Waals surface area contributed by atoms with Crippen LogP contribution in [0.4, 0.5) is 13.2 Å². The van der Waals surface area contributed by atoms with Gasteiger partial charge in [0.15, 0.2) is 0 Å². The molecule has 4 aliphatic rings. The van der Waals surface area contributed by atoms with E-state index in [1.807, 2.05) is 16.7 Å².